The van der Waals surface area contributed by atoms with Crippen molar-refractivity contribution in [2.75, 3.05) is 14.2 Å². The van der Waals surface area contributed by atoms with Crippen LogP contribution in [0.3, 0.4) is 0 Å². The molecule has 0 radical (unpaired) electrons. The van der Waals surface area contributed by atoms with E-state index < -0.39 is 14.7 Å². The maximum Gasteiger partial charge on any atom is 0.341 e. The molecule has 0 bridgehead atoms. The SMILES string of the molecule is [C-]#[N+]C(Cc1ccccc1)(Cc1ccc(OC)c(OC)c1)S(=O)(=O)c1ccc(C)cc1. The number of hydrogen-bond acceptors (Lipinski definition) is 4. The molecular weight excluding hydrogens is 410 g/mol. The minimum Gasteiger partial charge on any atom is -0.493 e. The molecule has 3 aromatic carbocycles. The molecule has 160 valence electrons. The standard InChI is InChI=1S/C25H25NO4S/c1-19-10-13-22(14-11-19)31(27,28)25(26-2,17-20-8-6-5-7-9-20)18-21-12-15-23(29-3)24(16-21)30-4/h5-16H,17-18H2,1,3-4H3. The van der Waals surface area contributed by atoms with Crippen molar-refractivity contribution in [3.63, 3.8) is 0 Å². The van der Waals surface area contributed by atoms with Gasteiger partial charge in [0.05, 0.1) is 32.0 Å². The second-order valence-corrected chi connectivity index (χ2v) is 9.64. The van der Waals surface area contributed by atoms with Gasteiger partial charge in [-0.1, -0.05) is 54.1 Å². The van der Waals surface area contributed by atoms with Crippen molar-refractivity contribution >= 4 is 9.84 Å². The molecule has 6 heteroatoms. The van der Waals surface area contributed by atoms with E-state index in [0.29, 0.717) is 17.1 Å². The highest BCUT2D eigenvalue weighted by Gasteiger charge is 2.52. The highest BCUT2D eigenvalue weighted by atomic mass is 32.2. The molecule has 31 heavy (non-hydrogen) atoms. The van der Waals surface area contributed by atoms with Crippen LogP contribution in [-0.2, 0) is 22.7 Å². The molecule has 0 fully saturated rings. The zero-order valence-corrected chi connectivity index (χ0v) is 18.6. The van der Waals surface area contributed by atoms with Gasteiger partial charge in [-0.3, -0.25) is 4.85 Å². The largest absolute Gasteiger partial charge is 0.493 e. The van der Waals surface area contributed by atoms with Gasteiger partial charge in [0.25, 0.3) is 9.84 Å². The molecule has 0 aliphatic heterocycles. The quantitative estimate of drug-likeness (QED) is 0.473. The summed E-state index contributed by atoms with van der Waals surface area (Å²) in [6.45, 7) is 9.92. The summed E-state index contributed by atoms with van der Waals surface area (Å²) in [7, 11) is -0.923. The van der Waals surface area contributed by atoms with Crippen LogP contribution in [0.25, 0.3) is 4.85 Å². The summed E-state index contributed by atoms with van der Waals surface area (Å²) in [5.74, 6) is 1.04. The summed E-state index contributed by atoms with van der Waals surface area (Å²) in [5.41, 5.74) is 2.42. The summed E-state index contributed by atoms with van der Waals surface area (Å²) >= 11 is 0. The number of aryl methyl sites for hydroxylation is 1. The molecule has 0 saturated heterocycles. The lowest BCUT2D eigenvalue weighted by Crippen LogP contribution is -2.40. The molecule has 0 N–H and O–H groups in total. The Balaban J connectivity index is 2.14. The highest BCUT2D eigenvalue weighted by molar-refractivity contribution is 7.93. The van der Waals surface area contributed by atoms with Gasteiger partial charge in [-0.2, -0.15) is 0 Å². The first-order valence-corrected chi connectivity index (χ1v) is 11.3. The number of rotatable bonds is 8. The highest BCUT2D eigenvalue weighted by Crippen LogP contribution is 2.37. The molecule has 0 spiro atoms. The van der Waals surface area contributed by atoms with E-state index in [9.17, 15) is 8.42 Å². The molecule has 1 unspecified atom stereocenters. The number of ether oxygens (including phenoxy) is 2. The fraction of sp³-hybridized carbons (Fsp3) is 0.240. The van der Waals surface area contributed by atoms with Gasteiger partial charge < -0.3 is 9.47 Å². The first-order chi connectivity index (χ1) is 14.8. The third-order valence-corrected chi connectivity index (χ3v) is 7.56. The number of hydrogen-bond donors (Lipinski definition) is 0. The summed E-state index contributed by atoms with van der Waals surface area (Å²) in [4.78, 5) is 2.21. The van der Waals surface area contributed by atoms with Crippen molar-refractivity contribution in [1.82, 2.24) is 0 Å². The van der Waals surface area contributed by atoms with Gasteiger partial charge in [0.1, 0.15) is 0 Å². The number of benzene rings is 3. The first kappa shape index (κ1) is 22.4. The van der Waals surface area contributed by atoms with Crippen LogP contribution in [-0.4, -0.2) is 27.5 Å². The summed E-state index contributed by atoms with van der Waals surface area (Å²) in [5, 5.41) is 0. The predicted octanol–water partition coefficient (Wildman–Crippen LogP) is 4.89. The lowest BCUT2D eigenvalue weighted by atomic mass is 9.98. The molecular formula is C25H25NO4S. The van der Waals surface area contributed by atoms with Gasteiger partial charge in [0.2, 0.25) is 0 Å². The number of nitrogens with zero attached hydrogens (tertiary/aromatic N) is 1. The third kappa shape index (κ3) is 4.57. The maximum absolute atomic E-state index is 13.8. The van der Waals surface area contributed by atoms with Crippen LogP contribution in [0.5, 0.6) is 11.5 Å². The van der Waals surface area contributed by atoms with Gasteiger partial charge in [-0.15, -0.1) is 0 Å². The van der Waals surface area contributed by atoms with E-state index in [4.69, 9.17) is 16.0 Å². The molecule has 1 atom stereocenters. The Labute approximate surface area is 184 Å². The minimum atomic E-state index is -3.99. The normalized spacial score (nSPS) is 13.1. The third-order valence-electron chi connectivity index (χ3n) is 5.29. The first-order valence-electron chi connectivity index (χ1n) is 9.80. The van der Waals surface area contributed by atoms with Crippen LogP contribution >= 0.6 is 0 Å². The van der Waals surface area contributed by atoms with E-state index >= 15 is 0 Å². The van der Waals surface area contributed by atoms with Gasteiger partial charge in [-0.05, 0) is 42.3 Å². The topological polar surface area (TPSA) is 57.0 Å². The molecule has 3 aromatic rings. The second kappa shape index (κ2) is 9.23. The van der Waals surface area contributed by atoms with E-state index in [2.05, 4.69) is 4.85 Å². The zero-order valence-electron chi connectivity index (χ0n) is 17.8. The summed E-state index contributed by atoms with van der Waals surface area (Å²) < 4.78 is 38.3. The van der Waals surface area contributed by atoms with Crippen molar-refractivity contribution in [3.05, 3.63) is 101 Å². The summed E-state index contributed by atoms with van der Waals surface area (Å²) in [6, 6.07) is 21.1. The van der Waals surface area contributed by atoms with Crippen LogP contribution in [0.4, 0.5) is 0 Å². The smallest absolute Gasteiger partial charge is 0.341 e. The van der Waals surface area contributed by atoms with E-state index in [-0.39, 0.29) is 17.7 Å². The second-order valence-electron chi connectivity index (χ2n) is 7.40. The molecule has 5 nitrogen and oxygen atoms in total. The zero-order chi connectivity index (χ0) is 22.5. The molecule has 0 heterocycles. The Morgan fingerprint density at radius 2 is 1.45 bits per heavy atom. The van der Waals surface area contributed by atoms with E-state index in [1.807, 2.05) is 37.3 Å². The van der Waals surface area contributed by atoms with Crippen molar-refractivity contribution in [3.8, 4) is 11.5 Å². The maximum atomic E-state index is 13.8. The molecule has 0 aliphatic carbocycles. The van der Waals surface area contributed by atoms with Crippen molar-refractivity contribution in [2.45, 2.75) is 29.5 Å². The lowest BCUT2D eigenvalue weighted by Gasteiger charge is -2.23. The van der Waals surface area contributed by atoms with E-state index in [1.54, 1.807) is 42.5 Å². The molecule has 0 amide bonds. The lowest BCUT2D eigenvalue weighted by molar-refractivity contribution is 0.354. The Morgan fingerprint density at radius 3 is 2.03 bits per heavy atom. The van der Waals surface area contributed by atoms with Gasteiger partial charge in [0.15, 0.2) is 11.5 Å². The fourth-order valence-corrected chi connectivity index (χ4v) is 5.32. The van der Waals surface area contributed by atoms with Crippen LogP contribution in [0.1, 0.15) is 16.7 Å². The Morgan fingerprint density at radius 1 is 0.839 bits per heavy atom. The van der Waals surface area contributed by atoms with Crippen molar-refractivity contribution in [1.29, 1.82) is 0 Å². The molecule has 0 aromatic heterocycles. The van der Waals surface area contributed by atoms with Crippen molar-refractivity contribution in [2.24, 2.45) is 0 Å². The van der Waals surface area contributed by atoms with E-state index in [1.165, 1.54) is 14.2 Å². The van der Waals surface area contributed by atoms with Crippen LogP contribution in [0.15, 0.2) is 77.7 Å². The fourth-order valence-electron chi connectivity index (χ4n) is 3.55. The Bertz CT molecular complexity index is 1180. The van der Waals surface area contributed by atoms with Gasteiger partial charge in [-0.25, -0.2) is 15.0 Å². The minimum absolute atomic E-state index is 0.0158. The van der Waals surface area contributed by atoms with Gasteiger partial charge >= 0.3 is 4.87 Å². The van der Waals surface area contributed by atoms with Crippen molar-refractivity contribution < 1.29 is 17.9 Å². The summed E-state index contributed by atoms with van der Waals surface area (Å²) in [6.07, 6.45) is 0.0872. The average molecular weight is 436 g/mol. The predicted molar refractivity (Wildman–Crippen MR) is 121 cm³/mol. The molecule has 0 aliphatic rings. The number of sulfone groups is 1. The molecule has 3 rings (SSSR count). The van der Waals surface area contributed by atoms with Crippen LogP contribution in [0.2, 0.25) is 0 Å². The Hall–Kier alpha value is -3.30. The average Bonchev–Trinajstić information content (AvgIpc) is 2.79. The monoisotopic (exact) mass is 435 g/mol. The number of methoxy groups -OCH3 is 2. The van der Waals surface area contributed by atoms with Crippen LogP contribution in [0, 0.1) is 13.5 Å². The molecule has 0 saturated carbocycles. The van der Waals surface area contributed by atoms with Gasteiger partial charge in [0, 0.05) is 0 Å². The Kier molecular flexibility index (Phi) is 6.67. The van der Waals surface area contributed by atoms with E-state index in [0.717, 1.165) is 11.1 Å². The van der Waals surface area contributed by atoms with Crippen LogP contribution < -0.4 is 9.47 Å².